The number of amides is 2. The molecule has 9 heteroatoms. The van der Waals surface area contributed by atoms with E-state index in [0.717, 1.165) is 4.68 Å². The van der Waals surface area contributed by atoms with Crippen LogP contribution in [0.3, 0.4) is 0 Å². The van der Waals surface area contributed by atoms with Gasteiger partial charge < -0.3 is 20.1 Å². The second-order valence-corrected chi connectivity index (χ2v) is 7.37. The second-order valence-electron chi connectivity index (χ2n) is 7.37. The fourth-order valence-electron chi connectivity index (χ4n) is 3.55. The number of nitrogens with zero attached hydrogens (tertiary/aromatic N) is 2. The van der Waals surface area contributed by atoms with E-state index in [9.17, 15) is 14.4 Å². The van der Waals surface area contributed by atoms with E-state index in [4.69, 9.17) is 9.47 Å². The van der Waals surface area contributed by atoms with Crippen molar-refractivity contribution < 1.29 is 19.1 Å². The maximum absolute atomic E-state index is 13.3. The maximum atomic E-state index is 13.3. The van der Waals surface area contributed by atoms with Crippen LogP contribution in [0.25, 0.3) is 16.5 Å². The molecule has 0 spiro atoms. The molecule has 0 saturated carbocycles. The van der Waals surface area contributed by atoms with Crippen molar-refractivity contribution in [3.63, 3.8) is 0 Å². The number of carbonyl (C=O) groups is 2. The zero-order chi connectivity index (χ0) is 24.2. The highest BCUT2D eigenvalue weighted by Gasteiger charge is 2.20. The SMILES string of the molecule is COc1ccc(-n2nc(C(=O)Nc3cccc(NC(C)=O)c3)c3ccccc3c2=O)c(OC)c1. The van der Waals surface area contributed by atoms with E-state index in [2.05, 4.69) is 15.7 Å². The Labute approximate surface area is 194 Å². The first-order valence-corrected chi connectivity index (χ1v) is 10.3. The largest absolute Gasteiger partial charge is 0.497 e. The average Bonchev–Trinajstić information content (AvgIpc) is 2.84. The lowest BCUT2D eigenvalue weighted by Crippen LogP contribution is -2.27. The standard InChI is InChI=1S/C25H22N4O5/c1-15(30)26-16-7-6-8-17(13-16)27-24(31)23-19-9-4-5-10-20(19)25(32)29(28-23)21-12-11-18(33-2)14-22(21)34-3/h4-14H,1-3H3,(H,26,30)(H,27,31). The molecule has 0 bridgehead atoms. The quantitative estimate of drug-likeness (QED) is 0.457. The summed E-state index contributed by atoms with van der Waals surface area (Å²) < 4.78 is 11.8. The number of ether oxygens (including phenoxy) is 2. The smallest absolute Gasteiger partial charge is 0.279 e. The number of anilines is 2. The van der Waals surface area contributed by atoms with Gasteiger partial charge in [0.1, 0.15) is 17.2 Å². The molecule has 0 aliphatic carbocycles. The van der Waals surface area contributed by atoms with Crippen molar-refractivity contribution in [3.05, 3.63) is 82.8 Å². The molecule has 9 nitrogen and oxygen atoms in total. The van der Waals surface area contributed by atoms with E-state index in [1.165, 1.54) is 21.1 Å². The second kappa shape index (κ2) is 9.45. The molecule has 1 aromatic heterocycles. The Balaban J connectivity index is 1.83. The number of fused-ring (bicyclic) bond motifs is 1. The van der Waals surface area contributed by atoms with Crippen molar-refractivity contribution in [1.29, 1.82) is 0 Å². The van der Waals surface area contributed by atoms with Gasteiger partial charge in [0.05, 0.1) is 19.6 Å². The van der Waals surface area contributed by atoms with Crippen LogP contribution in [0.1, 0.15) is 17.4 Å². The molecular weight excluding hydrogens is 436 g/mol. The normalized spacial score (nSPS) is 10.6. The molecule has 2 amide bonds. The van der Waals surface area contributed by atoms with Crippen LogP contribution in [0.5, 0.6) is 11.5 Å². The summed E-state index contributed by atoms with van der Waals surface area (Å²) in [6, 6.07) is 18.4. The van der Waals surface area contributed by atoms with Crippen molar-refractivity contribution in [3.8, 4) is 17.2 Å². The number of hydrogen-bond donors (Lipinski definition) is 2. The van der Waals surface area contributed by atoms with Gasteiger partial charge in [-0.15, -0.1) is 0 Å². The van der Waals surface area contributed by atoms with Gasteiger partial charge in [-0.25, -0.2) is 0 Å². The Bertz CT molecular complexity index is 1460. The Hall–Kier alpha value is -4.66. The summed E-state index contributed by atoms with van der Waals surface area (Å²) in [5, 5.41) is 10.6. The number of aromatic nitrogens is 2. The van der Waals surface area contributed by atoms with Gasteiger partial charge in [-0.1, -0.05) is 24.3 Å². The van der Waals surface area contributed by atoms with Crippen LogP contribution in [0.4, 0.5) is 11.4 Å². The highest BCUT2D eigenvalue weighted by molar-refractivity contribution is 6.11. The summed E-state index contributed by atoms with van der Waals surface area (Å²) >= 11 is 0. The van der Waals surface area contributed by atoms with Gasteiger partial charge in [0, 0.05) is 29.8 Å². The average molecular weight is 458 g/mol. The molecule has 0 atom stereocenters. The van der Waals surface area contributed by atoms with Crippen molar-refractivity contribution >= 4 is 34.0 Å². The molecular formula is C25H22N4O5. The third-order valence-electron chi connectivity index (χ3n) is 5.08. The molecule has 0 saturated heterocycles. The first-order chi connectivity index (χ1) is 16.4. The summed E-state index contributed by atoms with van der Waals surface area (Å²) in [7, 11) is 3.00. The van der Waals surface area contributed by atoms with Crippen LogP contribution < -0.4 is 25.7 Å². The summed E-state index contributed by atoms with van der Waals surface area (Å²) in [6.07, 6.45) is 0. The van der Waals surface area contributed by atoms with Crippen molar-refractivity contribution in [2.24, 2.45) is 0 Å². The van der Waals surface area contributed by atoms with Gasteiger partial charge in [0.25, 0.3) is 11.5 Å². The van der Waals surface area contributed by atoms with Gasteiger partial charge in [0.15, 0.2) is 5.69 Å². The van der Waals surface area contributed by atoms with Crippen LogP contribution in [-0.2, 0) is 4.79 Å². The van der Waals surface area contributed by atoms with Crippen LogP contribution in [0.15, 0.2) is 71.5 Å². The first kappa shape index (κ1) is 22.5. The Kier molecular flexibility index (Phi) is 6.26. The number of rotatable bonds is 6. The fraction of sp³-hybridized carbons (Fsp3) is 0.120. The van der Waals surface area contributed by atoms with E-state index in [0.29, 0.717) is 39.3 Å². The highest BCUT2D eigenvalue weighted by Crippen LogP contribution is 2.27. The lowest BCUT2D eigenvalue weighted by Gasteiger charge is -2.14. The van der Waals surface area contributed by atoms with Crippen molar-refractivity contribution in [2.75, 3.05) is 24.9 Å². The molecule has 0 unspecified atom stereocenters. The number of methoxy groups -OCH3 is 2. The minimum absolute atomic E-state index is 0.0537. The predicted octanol–water partition coefficient (Wildman–Crippen LogP) is 3.61. The van der Waals surface area contributed by atoms with E-state index >= 15 is 0 Å². The Morgan fingerprint density at radius 3 is 2.24 bits per heavy atom. The summed E-state index contributed by atoms with van der Waals surface area (Å²) in [5.74, 6) is 0.166. The van der Waals surface area contributed by atoms with Crippen LogP contribution in [-0.4, -0.2) is 35.8 Å². The zero-order valence-corrected chi connectivity index (χ0v) is 18.8. The molecule has 0 radical (unpaired) electrons. The van der Waals surface area contributed by atoms with E-state index in [1.54, 1.807) is 66.7 Å². The molecule has 2 N–H and O–H groups in total. The number of nitrogens with one attached hydrogen (secondary N) is 2. The zero-order valence-electron chi connectivity index (χ0n) is 18.8. The van der Waals surface area contributed by atoms with Crippen LogP contribution in [0.2, 0.25) is 0 Å². The molecule has 0 aliphatic rings. The lowest BCUT2D eigenvalue weighted by molar-refractivity contribution is -0.114. The van der Waals surface area contributed by atoms with Crippen LogP contribution in [0, 0.1) is 0 Å². The molecule has 1 heterocycles. The number of hydrogen-bond acceptors (Lipinski definition) is 6. The van der Waals surface area contributed by atoms with Gasteiger partial charge in [0.2, 0.25) is 5.91 Å². The minimum Gasteiger partial charge on any atom is -0.497 e. The maximum Gasteiger partial charge on any atom is 0.279 e. The molecule has 3 aromatic carbocycles. The van der Waals surface area contributed by atoms with Gasteiger partial charge in [-0.2, -0.15) is 9.78 Å². The van der Waals surface area contributed by atoms with E-state index < -0.39 is 11.5 Å². The molecule has 34 heavy (non-hydrogen) atoms. The monoisotopic (exact) mass is 458 g/mol. The molecule has 0 fully saturated rings. The lowest BCUT2D eigenvalue weighted by atomic mass is 10.1. The Morgan fingerprint density at radius 2 is 1.56 bits per heavy atom. The topological polar surface area (TPSA) is 112 Å². The fourth-order valence-corrected chi connectivity index (χ4v) is 3.55. The third kappa shape index (κ3) is 4.44. The number of benzene rings is 3. The summed E-state index contributed by atoms with van der Waals surface area (Å²) in [5.41, 5.74) is 1.01. The first-order valence-electron chi connectivity index (χ1n) is 10.3. The summed E-state index contributed by atoms with van der Waals surface area (Å²) in [6.45, 7) is 1.40. The molecule has 0 aliphatic heterocycles. The van der Waals surface area contributed by atoms with E-state index in [1.807, 2.05) is 0 Å². The molecule has 4 rings (SSSR count). The molecule has 4 aromatic rings. The van der Waals surface area contributed by atoms with Crippen molar-refractivity contribution in [1.82, 2.24) is 9.78 Å². The van der Waals surface area contributed by atoms with Gasteiger partial charge in [-0.3, -0.25) is 14.4 Å². The summed E-state index contributed by atoms with van der Waals surface area (Å²) in [4.78, 5) is 37.9. The van der Waals surface area contributed by atoms with Gasteiger partial charge in [-0.05, 0) is 36.4 Å². The highest BCUT2D eigenvalue weighted by atomic mass is 16.5. The predicted molar refractivity (Wildman–Crippen MR) is 129 cm³/mol. The number of carbonyl (C=O) groups excluding carboxylic acids is 2. The van der Waals surface area contributed by atoms with Gasteiger partial charge >= 0.3 is 0 Å². The van der Waals surface area contributed by atoms with E-state index in [-0.39, 0.29) is 11.6 Å². The third-order valence-corrected chi connectivity index (χ3v) is 5.08. The molecule has 172 valence electrons. The Morgan fingerprint density at radius 1 is 0.853 bits per heavy atom. The van der Waals surface area contributed by atoms with Crippen LogP contribution >= 0.6 is 0 Å². The van der Waals surface area contributed by atoms with Crippen molar-refractivity contribution in [2.45, 2.75) is 6.92 Å². The minimum atomic E-state index is -0.516.